The van der Waals surface area contributed by atoms with E-state index >= 15 is 0 Å². The molecule has 23 heavy (non-hydrogen) atoms. The molecule has 0 radical (unpaired) electrons. The van der Waals surface area contributed by atoms with Crippen LogP contribution >= 0.6 is 0 Å². The molecule has 1 heterocycles. The fraction of sp³-hybridized carbons (Fsp3) is 0.333. The van der Waals surface area contributed by atoms with Gasteiger partial charge in [-0.3, -0.25) is 9.59 Å². The third-order valence-corrected chi connectivity index (χ3v) is 4.26. The van der Waals surface area contributed by atoms with E-state index in [1.807, 2.05) is 32.0 Å². The number of aryl methyl sites for hydroxylation is 2. The predicted octanol–water partition coefficient (Wildman–Crippen LogP) is 2.79. The maximum atomic E-state index is 12.2. The van der Waals surface area contributed by atoms with Crippen LogP contribution in [0.4, 0.5) is 5.69 Å². The molecule has 2 unspecified atom stereocenters. The van der Waals surface area contributed by atoms with Gasteiger partial charge in [-0.15, -0.1) is 0 Å². The van der Waals surface area contributed by atoms with Crippen molar-refractivity contribution in [1.29, 1.82) is 0 Å². The number of nitrogens with one attached hydrogen (secondary N) is 2. The van der Waals surface area contributed by atoms with Gasteiger partial charge in [0.1, 0.15) is 5.76 Å². The van der Waals surface area contributed by atoms with Gasteiger partial charge in [0.25, 0.3) is 0 Å². The monoisotopic (exact) mass is 312 g/mol. The minimum atomic E-state index is -0.242. The molecule has 1 saturated carbocycles. The Morgan fingerprint density at radius 2 is 1.91 bits per heavy atom. The topological polar surface area (TPSA) is 71.3 Å². The molecule has 2 aromatic rings. The number of rotatable bonds is 5. The summed E-state index contributed by atoms with van der Waals surface area (Å²) in [6.45, 7) is 4.39. The molecular weight excluding hydrogens is 292 g/mol. The van der Waals surface area contributed by atoms with Crippen molar-refractivity contribution in [2.45, 2.75) is 26.8 Å². The summed E-state index contributed by atoms with van der Waals surface area (Å²) in [5, 5.41) is 5.69. The van der Waals surface area contributed by atoms with Gasteiger partial charge >= 0.3 is 0 Å². The van der Waals surface area contributed by atoms with Gasteiger partial charge < -0.3 is 15.1 Å². The Labute approximate surface area is 135 Å². The number of hydrogen-bond acceptors (Lipinski definition) is 3. The zero-order chi connectivity index (χ0) is 16.4. The van der Waals surface area contributed by atoms with Crippen molar-refractivity contribution in [3.8, 4) is 0 Å². The van der Waals surface area contributed by atoms with E-state index in [9.17, 15) is 9.59 Å². The highest BCUT2D eigenvalue weighted by molar-refractivity contribution is 5.99. The van der Waals surface area contributed by atoms with E-state index in [0.29, 0.717) is 18.7 Å². The van der Waals surface area contributed by atoms with Crippen LogP contribution in [0.3, 0.4) is 0 Å². The smallest absolute Gasteiger partial charge is 0.228 e. The second-order valence-electron chi connectivity index (χ2n) is 6.03. The number of furan rings is 1. The molecule has 1 fully saturated rings. The summed E-state index contributed by atoms with van der Waals surface area (Å²) in [5.41, 5.74) is 3.09. The van der Waals surface area contributed by atoms with E-state index < -0.39 is 0 Å². The fourth-order valence-electron chi connectivity index (χ4n) is 2.55. The molecule has 2 atom stereocenters. The zero-order valence-electron chi connectivity index (χ0n) is 13.3. The Bertz CT molecular complexity index is 722. The molecule has 1 aliphatic carbocycles. The molecule has 5 nitrogen and oxygen atoms in total. The molecule has 1 aromatic heterocycles. The lowest BCUT2D eigenvalue weighted by molar-refractivity contribution is -0.125. The lowest BCUT2D eigenvalue weighted by atomic mass is 10.1. The second kappa shape index (κ2) is 6.28. The first-order chi connectivity index (χ1) is 11.0. The normalized spacial score (nSPS) is 19.2. The van der Waals surface area contributed by atoms with Crippen molar-refractivity contribution in [3.63, 3.8) is 0 Å². The van der Waals surface area contributed by atoms with Crippen LogP contribution in [-0.2, 0) is 16.1 Å². The van der Waals surface area contributed by atoms with Crippen LogP contribution in [0.25, 0.3) is 0 Å². The average Bonchev–Trinajstić information content (AvgIpc) is 3.17. The molecule has 2 N–H and O–H groups in total. The standard InChI is InChI=1S/C18H20N2O3/c1-11-5-6-13(8-12(11)2)20-18(22)16-9-15(16)17(21)19-10-14-4-3-7-23-14/h3-8,15-16H,9-10H2,1-2H3,(H,19,21)(H,20,22). The highest BCUT2D eigenvalue weighted by Crippen LogP contribution is 2.39. The largest absolute Gasteiger partial charge is 0.467 e. The fourth-order valence-corrected chi connectivity index (χ4v) is 2.55. The summed E-state index contributed by atoms with van der Waals surface area (Å²) in [4.78, 5) is 24.2. The number of anilines is 1. The molecule has 0 aliphatic heterocycles. The molecule has 1 aromatic carbocycles. The number of carbonyl (C=O) groups excluding carboxylic acids is 2. The maximum absolute atomic E-state index is 12.2. The van der Waals surface area contributed by atoms with E-state index in [2.05, 4.69) is 10.6 Å². The Morgan fingerprint density at radius 3 is 2.61 bits per heavy atom. The summed E-state index contributed by atoms with van der Waals surface area (Å²) in [6.07, 6.45) is 2.17. The summed E-state index contributed by atoms with van der Waals surface area (Å²) in [5.74, 6) is 0.0351. The Kier molecular flexibility index (Phi) is 4.19. The van der Waals surface area contributed by atoms with Crippen LogP contribution < -0.4 is 10.6 Å². The lowest BCUT2D eigenvalue weighted by Gasteiger charge is -2.07. The van der Waals surface area contributed by atoms with Crippen molar-refractivity contribution < 1.29 is 14.0 Å². The third-order valence-electron chi connectivity index (χ3n) is 4.26. The summed E-state index contributed by atoms with van der Waals surface area (Å²) in [6, 6.07) is 9.39. The highest BCUT2D eigenvalue weighted by Gasteiger charge is 2.47. The number of hydrogen-bond donors (Lipinski definition) is 2. The van der Waals surface area contributed by atoms with Gasteiger partial charge in [-0.1, -0.05) is 6.07 Å². The van der Waals surface area contributed by atoms with Crippen molar-refractivity contribution in [1.82, 2.24) is 5.32 Å². The van der Waals surface area contributed by atoms with Crippen molar-refractivity contribution >= 4 is 17.5 Å². The van der Waals surface area contributed by atoms with Crippen LogP contribution in [0.2, 0.25) is 0 Å². The molecule has 0 spiro atoms. The van der Waals surface area contributed by atoms with Gasteiger partial charge in [0.15, 0.2) is 0 Å². The first kappa shape index (κ1) is 15.3. The minimum absolute atomic E-state index is 0.0913. The van der Waals surface area contributed by atoms with Crippen molar-refractivity contribution in [2.75, 3.05) is 5.32 Å². The van der Waals surface area contributed by atoms with Gasteiger partial charge in [-0.25, -0.2) is 0 Å². The minimum Gasteiger partial charge on any atom is -0.467 e. The van der Waals surface area contributed by atoms with Gasteiger partial charge in [-0.2, -0.15) is 0 Å². The highest BCUT2D eigenvalue weighted by atomic mass is 16.3. The van der Waals surface area contributed by atoms with Crippen molar-refractivity contribution in [2.24, 2.45) is 11.8 Å². The number of amides is 2. The average molecular weight is 312 g/mol. The van der Waals surface area contributed by atoms with Gasteiger partial charge in [0.2, 0.25) is 11.8 Å². The SMILES string of the molecule is Cc1ccc(NC(=O)C2CC2C(=O)NCc2ccco2)cc1C. The molecule has 0 saturated heterocycles. The first-order valence-corrected chi connectivity index (χ1v) is 7.73. The number of benzene rings is 1. The number of carbonyl (C=O) groups is 2. The van der Waals surface area contributed by atoms with Crippen LogP contribution in [0.15, 0.2) is 41.0 Å². The van der Waals surface area contributed by atoms with Crippen LogP contribution in [0, 0.1) is 25.7 Å². The van der Waals surface area contributed by atoms with E-state index in [-0.39, 0.29) is 23.7 Å². The van der Waals surface area contributed by atoms with E-state index in [4.69, 9.17) is 4.42 Å². The molecule has 2 amide bonds. The van der Waals surface area contributed by atoms with Gasteiger partial charge in [0, 0.05) is 5.69 Å². The van der Waals surface area contributed by atoms with Gasteiger partial charge in [-0.05, 0) is 55.7 Å². The van der Waals surface area contributed by atoms with Gasteiger partial charge in [0.05, 0.1) is 24.6 Å². The zero-order valence-corrected chi connectivity index (χ0v) is 13.3. The van der Waals surface area contributed by atoms with E-state index in [0.717, 1.165) is 11.3 Å². The molecular formula is C18H20N2O3. The quantitative estimate of drug-likeness (QED) is 0.892. The lowest BCUT2D eigenvalue weighted by Crippen LogP contribution is -2.26. The molecule has 1 aliphatic rings. The van der Waals surface area contributed by atoms with Crippen LogP contribution in [0.1, 0.15) is 23.3 Å². The Balaban J connectivity index is 1.50. The molecule has 120 valence electrons. The van der Waals surface area contributed by atoms with Crippen molar-refractivity contribution in [3.05, 3.63) is 53.5 Å². The molecule has 5 heteroatoms. The summed E-state index contributed by atoms with van der Waals surface area (Å²) in [7, 11) is 0. The maximum Gasteiger partial charge on any atom is 0.228 e. The van der Waals surface area contributed by atoms with Crippen LogP contribution in [-0.4, -0.2) is 11.8 Å². The second-order valence-corrected chi connectivity index (χ2v) is 6.03. The van der Waals surface area contributed by atoms with E-state index in [1.165, 1.54) is 5.56 Å². The summed E-state index contributed by atoms with van der Waals surface area (Å²) < 4.78 is 5.16. The Hall–Kier alpha value is -2.56. The van der Waals surface area contributed by atoms with E-state index in [1.54, 1.807) is 18.4 Å². The third kappa shape index (κ3) is 3.62. The Morgan fingerprint density at radius 1 is 1.13 bits per heavy atom. The van der Waals surface area contributed by atoms with Crippen LogP contribution in [0.5, 0.6) is 0 Å². The predicted molar refractivity (Wildman–Crippen MR) is 86.7 cm³/mol. The summed E-state index contributed by atoms with van der Waals surface area (Å²) >= 11 is 0. The molecule has 0 bridgehead atoms. The first-order valence-electron chi connectivity index (χ1n) is 7.73. The molecule has 3 rings (SSSR count).